The van der Waals surface area contributed by atoms with Crippen molar-refractivity contribution >= 4 is 23.2 Å². The molecule has 0 atom stereocenters. The first-order chi connectivity index (χ1) is 10.0. The van der Waals surface area contributed by atoms with E-state index in [1.54, 1.807) is 31.2 Å². The number of rotatable bonds is 6. The summed E-state index contributed by atoms with van der Waals surface area (Å²) < 4.78 is 4.86. The highest BCUT2D eigenvalue weighted by atomic mass is 16.5. The zero-order valence-corrected chi connectivity index (χ0v) is 12.0. The van der Waals surface area contributed by atoms with Gasteiger partial charge in [0.25, 0.3) is 0 Å². The monoisotopic (exact) mass is 287 g/mol. The van der Waals surface area contributed by atoms with E-state index in [-0.39, 0.29) is 18.1 Å². The van der Waals surface area contributed by atoms with E-state index in [0.29, 0.717) is 23.7 Å². The fraction of sp³-hybridized carbons (Fsp3) is 0.267. The number of benzene rings is 1. The van der Waals surface area contributed by atoms with Crippen molar-refractivity contribution in [3.63, 3.8) is 0 Å². The smallest absolute Gasteiger partial charge is 0.227 e. The number of ketones is 1. The molecular formula is C15H17N3O3. The molecular weight excluding hydrogens is 270 g/mol. The topological polar surface area (TPSA) is 84.2 Å². The first-order valence-electron chi connectivity index (χ1n) is 6.62. The summed E-state index contributed by atoms with van der Waals surface area (Å²) in [5, 5.41) is 9.43. The predicted octanol–water partition coefficient (Wildman–Crippen LogP) is 2.63. The lowest BCUT2D eigenvalue weighted by Crippen LogP contribution is -2.16. The molecule has 0 bridgehead atoms. The van der Waals surface area contributed by atoms with Crippen molar-refractivity contribution in [2.45, 2.75) is 20.3 Å². The number of carbonyl (C=O) groups excluding carboxylic acids is 2. The second-order valence-corrected chi connectivity index (χ2v) is 4.68. The number of amides is 1. The maximum Gasteiger partial charge on any atom is 0.227 e. The Labute approximate surface area is 122 Å². The van der Waals surface area contributed by atoms with Crippen LogP contribution in [-0.2, 0) is 4.79 Å². The van der Waals surface area contributed by atoms with E-state index < -0.39 is 0 Å². The number of Topliss-reactive ketones (excluding diaryl/α,β-unsaturated/α-hetero) is 1. The van der Waals surface area contributed by atoms with Gasteiger partial charge in [-0.15, -0.1) is 0 Å². The third-order valence-electron chi connectivity index (χ3n) is 2.85. The Balaban J connectivity index is 1.80. The Morgan fingerprint density at radius 3 is 2.76 bits per heavy atom. The van der Waals surface area contributed by atoms with Crippen LogP contribution in [0, 0.1) is 6.92 Å². The summed E-state index contributed by atoms with van der Waals surface area (Å²) in [7, 11) is 0. The highest BCUT2D eigenvalue weighted by molar-refractivity contribution is 5.95. The Hall–Kier alpha value is -2.63. The van der Waals surface area contributed by atoms with Gasteiger partial charge in [0.2, 0.25) is 5.91 Å². The van der Waals surface area contributed by atoms with E-state index in [9.17, 15) is 9.59 Å². The molecule has 1 aromatic heterocycles. The average molecular weight is 287 g/mol. The lowest BCUT2D eigenvalue weighted by molar-refractivity contribution is -0.116. The van der Waals surface area contributed by atoms with Crippen LogP contribution in [0.5, 0.6) is 0 Å². The molecule has 6 heteroatoms. The molecule has 2 rings (SSSR count). The van der Waals surface area contributed by atoms with E-state index in [0.717, 1.165) is 5.69 Å². The van der Waals surface area contributed by atoms with Gasteiger partial charge < -0.3 is 15.2 Å². The summed E-state index contributed by atoms with van der Waals surface area (Å²) in [6, 6.07) is 8.83. The van der Waals surface area contributed by atoms with Gasteiger partial charge in [-0.05, 0) is 26.0 Å². The van der Waals surface area contributed by atoms with Crippen molar-refractivity contribution in [3.8, 4) is 0 Å². The lowest BCUT2D eigenvalue weighted by Gasteiger charge is -2.07. The molecule has 0 aliphatic heterocycles. The summed E-state index contributed by atoms with van der Waals surface area (Å²) in [5.74, 6) is 0.914. The molecule has 1 aromatic carbocycles. The number of carbonyl (C=O) groups is 2. The third-order valence-corrected chi connectivity index (χ3v) is 2.85. The molecule has 0 saturated carbocycles. The quantitative estimate of drug-likeness (QED) is 0.798. The SMILES string of the molecule is CC(=O)c1cccc(NCCC(=O)Nc2cc(C)on2)c1. The van der Waals surface area contributed by atoms with Crippen LogP contribution in [0.4, 0.5) is 11.5 Å². The maximum absolute atomic E-state index is 11.7. The second-order valence-electron chi connectivity index (χ2n) is 4.68. The second kappa shape index (κ2) is 6.69. The van der Waals surface area contributed by atoms with Gasteiger partial charge in [-0.25, -0.2) is 0 Å². The Kier molecular flexibility index (Phi) is 4.71. The van der Waals surface area contributed by atoms with E-state index in [4.69, 9.17) is 4.52 Å². The van der Waals surface area contributed by atoms with Gasteiger partial charge in [-0.3, -0.25) is 9.59 Å². The Bertz CT molecular complexity index is 649. The summed E-state index contributed by atoms with van der Waals surface area (Å²) in [5.41, 5.74) is 1.45. The zero-order valence-electron chi connectivity index (χ0n) is 12.0. The van der Waals surface area contributed by atoms with Crippen molar-refractivity contribution in [3.05, 3.63) is 41.7 Å². The molecule has 110 valence electrons. The van der Waals surface area contributed by atoms with E-state index in [2.05, 4.69) is 15.8 Å². The Morgan fingerprint density at radius 2 is 2.10 bits per heavy atom. The number of hydrogen-bond acceptors (Lipinski definition) is 5. The van der Waals surface area contributed by atoms with Gasteiger partial charge in [0.15, 0.2) is 11.6 Å². The number of nitrogens with one attached hydrogen (secondary N) is 2. The molecule has 21 heavy (non-hydrogen) atoms. The summed E-state index contributed by atoms with van der Waals surface area (Å²) in [4.78, 5) is 23.0. The first kappa shape index (κ1) is 14.8. The van der Waals surface area contributed by atoms with Gasteiger partial charge >= 0.3 is 0 Å². The fourth-order valence-electron chi connectivity index (χ4n) is 1.80. The van der Waals surface area contributed by atoms with Crippen molar-refractivity contribution in [2.75, 3.05) is 17.2 Å². The van der Waals surface area contributed by atoms with Crippen LogP contribution in [0.25, 0.3) is 0 Å². The number of aromatic nitrogens is 1. The van der Waals surface area contributed by atoms with Crippen molar-refractivity contribution < 1.29 is 14.1 Å². The minimum Gasteiger partial charge on any atom is -0.385 e. The summed E-state index contributed by atoms with van der Waals surface area (Å²) >= 11 is 0. The molecule has 0 aliphatic rings. The maximum atomic E-state index is 11.7. The zero-order chi connectivity index (χ0) is 15.2. The van der Waals surface area contributed by atoms with E-state index in [1.165, 1.54) is 6.92 Å². The van der Waals surface area contributed by atoms with Gasteiger partial charge in [0.05, 0.1) is 0 Å². The molecule has 2 aromatic rings. The van der Waals surface area contributed by atoms with Crippen LogP contribution in [0.2, 0.25) is 0 Å². The van der Waals surface area contributed by atoms with Gasteiger partial charge in [-0.1, -0.05) is 17.3 Å². The molecule has 0 aliphatic carbocycles. The van der Waals surface area contributed by atoms with Crippen molar-refractivity contribution in [2.24, 2.45) is 0 Å². The highest BCUT2D eigenvalue weighted by Gasteiger charge is 2.06. The largest absolute Gasteiger partial charge is 0.385 e. The molecule has 0 unspecified atom stereocenters. The minimum atomic E-state index is -0.154. The molecule has 6 nitrogen and oxygen atoms in total. The standard InChI is InChI=1S/C15H17N3O3/c1-10-8-14(18-21-10)17-15(20)6-7-16-13-5-3-4-12(9-13)11(2)19/h3-5,8-9,16H,6-7H2,1-2H3,(H,17,18,20). The van der Waals surface area contributed by atoms with Gasteiger partial charge in [0, 0.05) is 30.3 Å². The van der Waals surface area contributed by atoms with Gasteiger partial charge in [0.1, 0.15) is 5.76 Å². The highest BCUT2D eigenvalue weighted by Crippen LogP contribution is 2.11. The van der Waals surface area contributed by atoms with Crippen LogP contribution in [0.1, 0.15) is 29.5 Å². The third kappa shape index (κ3) is 4.45. The number of nitrogens with zero attached hydrogens (tertiary/aromatic N) is 1. The minimum absolute atomic E-state index is 0.0118. The van der Waals surface area contributed by atoms with Crippen LogP contribution in [-0.4, -0.2) is 23.4 Å². The predicted molar refractivity (Wildman–Crippen MR) is 79.4 cm³/mol. The molecule has 2 N–H and O–H groups in total. The summed E-state index contributed by atoms with van der Waals surface area (Å²) in [6.07, 6.45) is 0.288. The normalized spacial score (nSPS) is 10.2. The molecule has 0 fully saturated rings. The molecule has 1 amide bonds. The van der Waals surface area contributed by atoms with E-state index in [1.807, 2.05) is 6.07 Å². The van der Waals surface area contributed by atoms with Gasteiger partial charge in [-0.2, -0.15) is 0 Å². The van der Waals surface area contributed by atoms with Crippen LogP contribution in [0.15, 0.2) is 34.9 Å². The summed E-state index contributed by atoms with van der Waals surface area (Å²) in [6.45, 7) is 3.74. The fourth-order valence-corrected chi connectivity index (χ4v) is 1.80. The molecule has 1 heterocycles. The average Bonchev–Trinajstić information content (AvgIpc) is 2.84. The number of hydrogen-bond donors (Lipinski definition) is 2. The van der Waals surface area contributed by atoms with Crippen LogP contribution >= 0.6 is 0 Å². The molecule has 0 spiro atoms. The number of aryl methyl sites for hydroxylation is 1. The van der Waals surface area contributed by atoms with Crippen molar-refractivity contribution in [1.29, 1.82) is 0 Å². The number of anilines is 2. The lowest BCUT2D eigenvalue weighted by atomic mass is 10.1. The van der Waals surface area contributed by atoms with Crippen LogP contribution < -0.4 is 10.6 Å². The van der Waals surface area contributed by atoms with Crippen molar-refractivity contribution in [1.82, 2.24) is 5.16 Å². The van der Waals surface area contributed by atoms with E-state index >= 15 is 0 Å². The molecule has 0 radical (unpaired) electrons. The van der Waals surface area contributed by atoms with Crippen LogP contribution in [0.3, 0.4) is 0 Å². The molecule has 0 saturated heterocycles. The first-order valence-corrected chi connectivity index (χ1v) is 6.62. The Morgan fingerprint density at radius 1 is 1.29 bits per heavy atom.